The van der Waals surface area contributed by atoms with Gasteiger partial charge >= 0.3 is 12.0 Å². The van der Waals surface area contributed by atoms with E-state index in [9.17, 15) is 9.59 Å². The first-order valence-electron chi connectivity index (χ1n) is 6.51. The van der Waals surface area contributed by atoms with E-state index >= 15 is 0 Å². The molecule has 3 N–H and O–H groups in total. The number of amides is 2. The Kier molecular flexibility index (Phi) is 4.62. The lowest BCUT2D eigenvalue weighted by Crippen LogP contribution is -2.39. The van der Waals surface area contributed by atoms with Crippen molar-refractivity contribution in [1.82, 2.24) is 10.6 Å². The molecule has 2 atom stereocenters. The van der Waals surface area contributed by atoms with Gasteiger partial charge in [-0.1, -0.05) is 0 Å². The number of carbonyl (C=O) groups excluding carboxylic acids is 1. The van der Waals surface area contributed by atoms with E-state index in [-0.39, 0.29) is 24.4 Å². The SMILES string of the molecule is CC1OCCC1CNC(=O)NCc1ccc(C(=O)O)o1. The van der Waals surface area contributed by atoms with Crippen molar-refractivity contribution in [2.45, 2.75) is 26.0 Å². The molecule has 1 saturated heterocycles. The molecule has 7 nitrogen and oxygen atoms in total. The molecule has 2 rings (SSSR count). The van der Waals surface area contributed by atoms with Crippen LogP contribution < -0.4 is 10.6 Å². The van der Waals surface area contributed by atoms with Crippen LogP contribution >= 0.6 is 0 Å². The predicted molar refractivity (Wildman–Crippen MR) is 69.4 cm³/mol. The van der Waals surface area contributed by atoms with Crippen molar-refractivity contribution >= 4 is 12.0 Å². The van der Waals surface area contributed by atoms with Crippen LogP contribution in [-0.2, 0) is 11.3 Å². The van der Waals surface area contributed by atoms with Gasteiger partial charge in [-0.05, 0) is 25.5 Å². The number of aromatic carboxylic acids is 1. The normalized spacial score (nSPS) is 21.6. The van der Waals surface area contributed by atoms with Gasteiger partial charge in [0.25, 0.3) is 0 Å². The minimum atomic E-state index is -1.13. The highest BCUT2D eigenvalue weighted by molar-refractivity contribution is 5.84. The molecule has 0 saturated carbocycles. The number of carbonyl (C=O) groups is 2. The first-order valence-corrected chi connectivity index (χ1v) is 6.51. The summed E-state index contributed by atoms with van der Waals surface area (Å²) in [5.74, 6) is -0.534. The maximum atomic E-state index is 11.6. The second kappa shape index (κ2) is 6.42. The third-order valence-electron chi connectivity index (χ3n) is 3.35. The standard InChI is InChI=1S/C13H18N2O5/c1-8-9(4-5-19-8)6-14-13(18)15-7-10-2-3-11(20-10)12(16)17/h2-3,8-9H,4-7H2,1H3,(H,16,17)(H2,14,15,18). The molecule has 0 aromatic carbocycles. The monoisotopic (exact) mass is 282 g/mol. The molecule has 20 heavy (non-hydrogen) atoms. The number of rotatable bonds is 5. The van der Waals surface area contributed by atoms with Gasteiger partial charge in [-0.2, -0.15) is 0 Å². The molecule has 2 unspecified atom stereocenters. The topological polar surface area (TPSA) is 101 Å². The smallest absolute Gasteiger partial charge is 0.371 e. The maximum absolute atomic E-state index is 11.6. The van der Waals surface area contributed by atoms with Crippen LogP contribution in [0.2, 0.25) is 0 Å². The van der Waals surface area contributed by atoms with Crippen molar-refractivity contribution in [2.24, 2.45) is 5.92 Å². The van der Waals surface area contributed by atoms with E-state index in [2.05, 4.69) is 10.6 Å². The number of carboxylic acids is 1. The van der Waals surface area contributed by atoms with Crippen molar-refractivity contribution in [3.05, 3.63) is 23.7 Å². The highest BCUT2D eigenvalue weighted by Gasteiger charge is 2.24. The van der Waals surface area contributed by atoms with E-state index in [0.29, 0.717) is 18.2 Å². The summed E-state index contributed by atoms with van der Waals surface area (Å²) in [5, 5.41) is 14.1. The Morgan fingerprint density at radius 1 is 1.40 bits per heavy atom. The summed E-state index contributed by atoms with van der Waals surface area (Å²) in [6.07, 6.45) is 1.11. The van der Waals surface area contributed by atoms with Gasteiger partial charge in [0.05, 0.1) is 12.6 Å². The molecular formula is C13H18N2O5. The summed E-state index contributed by atoms with van der Waals surface area (Å²) >= 11 is 0. The summed E-state index contributed by atoms with van der Waals surface area (Å²) in [6, 6.07) is 2.57. The van der Waals surface area contributed by atoms with Gasteiger partial charge in [-0.15, -0.1) is 0 Å². The third-order valence-corrected chi connectivity index (χ3v) is 3.35. The molecule has 1 aromatic heterocycles. The Hall–Kier alpha value is -2.02. The molecule has 110 valence electrons. The van der Waals surface area contributed by atoms with E-state index < -0.39 is 5.97 Å². The number of ether oxygens (including phenoxy) is 1. The van der Waals surface area contributed by atoms with Crippen LogP contribution in [0.4, 0.5) is 4.79 Å². The van der Waals surface area contributed by atoms with Crippen LogP contribution in [0.5, 0.6) is 0 Å². The van der Waals surface area contributed by atoms with E-state index in [0.717, 1.165) is 13.0 Å². The number of hydrogen-bond donors (Lipinski definition) is 3. The van der Waals surface area contributed by atoms with Crippen molar-refractivity contribution in [3.8, 4) is 0 Å². The van der Waals surface area contributed by atoms with Crippen LogP contribution in [0.15, 0.2) is 16.5 Å². The lowest BCUT2D eigenvalue weighted by molar-refractivity contribution is 0.0660. The number of nitrogens with one attached hydrogen (secondary N) is 2. The first-order chi connectivity index (χ1) is 9.56. The summed E-state index contributed by atoms with van der Waals surface area (Å²) in [6.45, 7) is 3.44. The zero-order chi connectivity index (χ0) is 14.5. The number of hydrogen-bond acceptors (Lipinski definition) is 4. The Bertz CT molecular complexity index is 485. The highest BCUT2D eigenvalue weighted by Crippen LogP contribution is 2.19. The van der Waals surface area contributed by atoms with Crippen LogP contribution in [0.25, 0.3) is 0 Å². The second-order valence-corrected chi connectivity index (χ2v) is 4.76. The summed E-state index contributed by atoms with van der Waals surface area (Å²) in [5.41, 5.74) is 0. The van der Waals surface area contributed by atoms with E-state index in [1.54, 1.807) is 0 Å². The lowest BCUT2D eigenvalue weighted by Gasteiger charge is -2.14. The molecule has 1 aromatic rings. The average molecular weight is 282 g/mol. The van der Waals surface area contributed by atoms with Gasteiger partial charge < -0.3 is 24.9 Å². The minimum absolute atomic E-state index is 0.140. The van der Waals surface area contributed by atoms with E-state index in [1.807, 2.05) is 6.92 Å². The molecule has 1 aliphatic rings. The lowest BCUT2D eigenvalue weighted by atomic mass is 10.0. The second-order valence-electron chi connectivity index (χ2n) is 4.76. The average Bonchev–Trinajstić information content (AvgIpc) is 3.03. The molecule has 0 bridgehead atoms. The zero-order valence-corrected chi connectivity index (χ0v) is 11.2. The fourth-order valence-corrected chi connectivity index (χ4v) is 2.09. The van der Waals surface area contributed by atoms with E-state index in [4.69, 9.17) is 14.3 Å². The van der Waals surface area contributed by atoms with Crippen LogP contribution in [-0.4, -0.2) is 36.4 Å². The van der Waals surface area contributed by atoms with Crippen molar-refractivity contribution < 1.29 is 23.8 Å². The van der Waals surface area contributed by atoms with Gasteiger partial charge in [-0.25, -0.2) is 9.59 Å². The molecule has 7 heteroatoms. The fourth-order valence-electron chi connectivity index (χ4n) is 2.09. The van der Waals surface area contributed by atoms with Gasteiger partial charge in [0.1, 0.15) is 5.76 Å². The third kappa shape index (κ3) is 3.74. The number of urea groups is 1. The van der Waals surface area contributed by atoms with Crippen molar-refractivity contribution in [3.63, 3.8) is 0 Å². The molecule has 1 aliphatic heterocycles. The van der Waals surface area contributed by atoms with Gasteiger partial charge in [0.2, 0.25) is 5.76 Å². The molecular weight excluding hydrogens is 264 g/mol. The number of carboxylic acid groups (broad SMARTS) is 1. The summed E-state index contributed by atoms with van der Waals surface area (Å²) in [4.78, 5) is 22.2. The van der Waals surface area contributed by atoms with Crippen molar-refractivity contribution in [1.29, 1.82) is 0 Å². The van der Waals surface area contributed by atoms with Gasteiger partial charge in [0.15, 0.2) is 0 Å². The molecule has 0 spiro atoms. The Labute approximate surface area is 116 Å². The Morgan fingerprint density at radius 3 is 2.80 bits per heavy atom. The summed E-state index contributed by atoms with van der Waals surface area (Å²) < 4.78 is 10.4. The van der Waals surface area contributed by atoms with Gasteiger partial charge in [-0.3, -0.25) is 0 Å². The Balaban J connectivity index is 1.70. The molecule has 2 amide bonds. The largest absolute Gasteiger partial charge is 0.475 e. The van der Waals surface area contributed by atoms with E-state index in [1.165, 1.54) is 12.1 Å². The number of furan rings is 1. The first kappa shape index (κ1) is 14.4. The van der Waals surface area contributed by atoms with Crippen LogP contribution in [0.1, 0.15) is 29.7 Å². The zero-order valence-electron chi connectivity index (χ0n) is 11.2. The van der Waals surface area contributed by atoms with Gasteiger partial charge in [0, 0.05) is 19.1 Å². The minimum Gasteiger partial charge on any atom is -0.475 e. The highest BCUT2D eigenvalue weighted by atomic mass is 16.5. The molecule has 1 fully saturated rings. The molecule has 0 aliphatic carbocycles. The fraction of sp³-hybridized carbons (Fsp3) is 0.538. The van der Waals surface area contributed by atoms with Crippen molar-refractivity contribution in [2.75, 3.05) is 13.2 Å². The molecule has 2 heterocycles. The Morgan fingerprint density at radius 2 is 2.20 bits per heavy atom. The quantitative estimate of drug-likeness (QED) is 0.753. The van der Waals surface area contributed by atoms with Crippen LogP contribution in [0, 0.1) is 5.92 Å². The van der Waals surface area contributed by atoms with Crippen LogP contribution in [0.3, 0.4) is 0 Å². The molecule has 0 radical (unpaired) electrons. The maximum Gasteiger partial charge on any atom is 0.371 e. The summed E-state index contributed by atoms with van der Waals surface area (Å²) in [7, 11) is 0. The predicted octanol–water partition coefficient (Wildman–Crippen LogP) is 1.20.